The minimum atomic E-state index is -3.36. The van der Waals surface area contributed by atoms with E-state index in [1.807, 2.05) is 30.3 Å². The summed E-state index contributed by atoms with van der Waals surface area (Å²) in [5.41, 5.74) is 0.873. The maximum atomic E-state index is 12.7. The molecule has 1 aliphatic heterocycles. The van der Waals surface area contributed by atoms with Crippen molar-refractivity contribution in [3.05, 3.63) is 78.4 Å². The summed E-state index contributed by atoms with van der Waals surface area (Å²) in [7, 11) is -3.36. The van der Waals surface area contributed by atoms with E-state index in [-0.39, 0.29) is 17.2 Å². The Balaban J connectivity index is 1.54. The third-order valence-electron chi connectivity index (χ3n) is 4.69. The summed E-state index contributed by atoms with van der Waals surface area (Å²) in [4.78, 5) is 12.7. The summed E-state index contributed by atoms with van der Waals surface area (Å²) in [5, 5.41) is 12.8. The van der Waals surface area contributed by atoms with Crippen molar-refractivity contribution in [3.8, 4) is 17.2 Å². The molecular weight excluding hydrogens is 404 g/mol. The van der Waals surface area contributed by atoms with Crippen LogP contribution in [0.2, 0.25) is 0 Å². The highest BCUT2D eigenvalue weighted by atomic mass is 32.2. The van der Waals surface area contributed by atoms with E-state index in [0.29, 0.717) is 35.7 Å². The van der Waals surface area contributed by atoms with Gasteiger partial charge in [-0.05, 0) is 55.0 Å². The molecule has 0 aliphatic carbocycles. The van der Waals surface area contributed by atoms with Gasteiger partial charge in [-0.1, -0.05) is 24.3 Å². The first-order valence-corrected chi connectivity index (χ1v) is 11.0. The molecule has 0 radical (unpaired) electrons. The smallest absolute Gasteiger partial charge is 0.255 e. The van der Waals surface area contributed by atoms with Gasteiger partial charge in [-0.2, -0.15) is 0 Å². The van der Waals surface area contributed by atoms with Gasteiger partial charge in [0.1, 0.15) is 17.2 Å². The number of anilines is 2. The Hall–Kier alpha value is -3.52. The molecule has 2 N–H and O–H groups in total. The number of para-hydroxylation sites is 1. The lowest BCUT2D eigenvalue weighted by molar-refractivity contribution is 0.102. The molecule has 0 saturated carbocycles. The summed E-state index contributed by atoms with van der Waals surface area (Å²) >= 11 is 0. The fraction of sp³-hybridized carbons (Fsp3) is 0.136. The standard InChI is InChI=1S/C22H20N2O5S/c25-21-11-10-17(24-12-5-13-30(24,27)28)15-20(21)23-22(26)16-6-4-9-19(14-16)29-18-7-2-1-3-8-18/h1-4,6-11,14-15,25H,5,12-13H2,(H,23,26). The number of nitrogens with zero attached hydrogens (tertiary/aromatic N) is 1. The first kappa shape index (κ1) is 19.8. The predicted octanol–water partition coefficient (Wildman–Crippen LogP) is 3.98. The normalized spacial score (nSPS) is 15.0. The third-order valence-corrected chi connectivity index (χ3v) is 6.56. The van der Waals surface area contributed by atoms with Gasteiger partial charge < -0.3 is 15.2 Å². The van der Waals surface area contributed by atoms with E-state index in [1.165, 1.54) is 22.5 Å². The Morgan fingerprint density at radius 2 is 1.73 bits per heavy atom. The van der Waals surface area contributed by atoms with Gasteiger partial charge in [0, 0.05) is 12.1 Å². The Bertz CT molecular complexity index is 1180. The average Bonchev–Trinajstić information content (AvgIpc) is 3.09. The lowest BCUT2D eigenvalue weighted by atomic mass is 10.2. The molecule has 7 nitrogen and oxygen atoms in total. The van der Waals surface area contributed by atoms with Crippen molar-refractivity contribution < 1.29 is 23.1 Å². The Morgan fingerprint density at radius 1 is 0.967 bits per heavy atom. The highest BCUT2D eigenvalue weighted by Crippen LogP contribution is 2.32. The van der Waals surface area contributed by atoms with Crippen molar-refractivity contribution in [3.63, 3.8) is 0 Å². The Morgan fingerprint density at radius 3 is 2.47 bits per heavy atom. The van der Waals surface area contributed by atoms with Gasteiger partial charge in [-0.25, -0.2) is 8.42 Å². The maximum absolute atomic E-state index is 12.7. The summed E-state index contributed by atoms with van der Waals surface area (Å²) in [6.45, 7) is 0.374. The molecule has 1 saturated heterocycles. The van der Waals surface area contributed by atoms with Crippen LogP contribution in [0.1, 0.15) is 16.8 Å². The van der Waals surface area contributed by atoms with Crippen LogP contribution in [0.15, 0.2) is 72.8 Å². The zero-order valence-corrected chi connectivity index (χ0v) is 16.8. The molecule has 0 unspecified atom stereocenters. The van der Waals surface area contributed by atoms with E-state index in [1.54, 1.807) is 24.3 Å². The van der Waals surface area contributed by atoms with Crippen molar-refractivity contribution in [1.82, 2.24) is 0 Å². The average molecular weight is 424 g/mol. The number of amides is 1. The fourth-order valence-corrected chi connectivity index (χ4v) is 4.79. The number of nitrogens with one attached hydrogen (secondary N) is 1. The van der Waals surface area contributed by atoms with Gasteiger partial charge in [0.15, 0.2) is 0 Å². The van der Waals surface area contributed by atoms with Gasteiger partial charge in [0.2, 0.25) is 10.0 Å². The molecular formula is C22H20N2O5S. The number of rotatable bonds is 5. The van der Waals surface area contributed by atoms with Crippen molar-refractivity contribution in [2.75, 3.05) is 21.9 Å². The zero-order valence-electron chi connectivity index (χ0n) is 16.0. The number of phenols is 1. The number of carbonyl (C=O) groups is 1. The molecule has 1 heterocycles. The summed E-state index contributed by atoms with van der Waals surface area (Å²) in [6.07, 6.45) is 0.541. The minimum Gasteiger partial charge on any atom is -0.506 e. The highest BCUT2D eigenvalue weighted by Gasteiger charge is 2.29. The summed E-state index contributed by atoms with van der Waals surface area (Å²) in [6, 6.07) is 20.2. The van der Waals surface area contributed by atoms with Crippen LogP contribution >= 0.6 is 0 Å². The zero-order chi connectivity index (χ0) is 21.1. The van der Waals surface area contributed by atoms with Crippen LogP contribution in [-0.4, -0.2) is 31.7 Å². The first-order chi connectivity index (χ1) is 14.4. The Labute approximate surface area is 174 Å². The largest absolute Gasteiger partial charge is 0.506 e. The molecule has 8 heteroatoms. The summed E-state index contributed by atoms with van der Waals surface area (Å²) in [5.74, 6) is 0.622. The van der Waals surface area contributed by atoms with Crippen LogP contribution in [0.25, 0.3) is 0 Å². The molecule has 3 aromatic rings. The molecule has 1 amide bonds. The van der Waals surface area contributed by atoms with Gasteiger partial charge in [-0.15, -0.1) is 0 Å². The second-order valence-corrected chi connectivity index (χ2v) is 8.85. The second-order valence-electron chi connectivity index (χ2n) is 6.84. The van der Waals surface area contributed by atoms with Crippen LogP contribution < -0.4 is 14.4 Å². The SMILES string of the molecule is O=C(Nc1cc(N2CCCS2(=O)=O)ccc1O)c1cccc(Oc2ccccc2)c1. The number of hydrogen-bond acceptors (Lipinski definition) is 5. The number of benzene rings is 3. The van der Waals surface area contributed by atoms with Crippen molar-refractivity contribution in [1.29, 1.82) is 0 Å². The maximum Gasteiger partial charge on any atom is 0.255 e. The molecule has 0 atom stereocenters. The lowest BCUT2D eigenvalue weighted by Crippen LogP contribution is -2.25. The molecule has 0 aromatic heterocycles. The highest BCUT2D eigenvalue weighted by molar-refractivity contribution is 7.93. The van der Waals surface area contributed by atoms with E-state index in [2.05, 4.69) is 5.32 Å². The number of aromatic hydroxyl groups is 1. The Kier molecular flexibility index (Phi) is 5.33. The van der Waals surface area contributed by atoms with Crippen molar-refractivity contribution in [2.24, 2.45) is 0 Å². The monoisotopic (exact) mass is 424 g/mol. The number of sulfonamides is 1. The van der Waals surface area contributed by atoms with Crippen LogP contribution in [0, 0.1) is 0 Å². The van der Waals surface area contributed by atoms with E-state index in [9.17, 15) is 18.3 Å². The van der Waals surface area contributed by atoms with Crippen LogP contribution in [-0.2, 0) is 10.0 Å². The minimum absolute atomic E-state index is 0.0871. The third kappa shape index (κ3) is 4.23. The summed E-state index contributed by atoms with van der Waals surface area (Å²) < 4.78 is 31.3. The van der Waals surface area contributed by atoms with E-state index < -0.39 is 15.9 Å². The van der Waals surface area contributed by atoms with Gasteiger partial charge in [0.25, 0.3) is 5.91 Å². The van der Waals surface area contributed by atoms with Crippen LogP contribution in [0.4, 0.5) is 11.4 Å². The van der Waals surface area contributed by atoms with Gasteiger partial charge in [-0.3, -0.25) is 9.10 Å². The van der Waals surface area contributed by atoms with E-state index in [4.69, 9.17) is 4.74 Å². The predicted molar refractivity (Wildman–Crippen MR) is 115 cm³/mol. The van der Waals surface area contributed by atoms with E-state index in [0.717, 1.165) is 0 Å². The number of ether oxygens (including phenoxy) is 1. The molecule has 30 heavy (non-hydrogen) atoms. The number of hydrogen-bond donors (Lipinski definition) is 2. The topological polar surface area (TPSA) is 95.9 Å². The molecule has 3 aromatic carbocycles. The second kappa shape index (κ2) is 8.08. The van der Waals surface area contributed by atoms with Crippen LogP contribution in [0.5, 0.6) is 17.2 Å². The van der Waals surface area contributed by atoms with Crippen molar-refractivity contribution >= 4 is 27.3 Å². The molecule has 0 spiro atoms. The molecule has 0 bridgehead atoms. The van der Waals surface area contributed by atoms with Crippen molar-refractivity contribution in [2.45, 2.75) is 6.42 Å². The molecule has 154 valence electrons. The van der Waals surface area contributed by atoms with Crippen LogP contribution in [0.3, 0.4) is 0 Å². The number of phenolic OH excluding ortho intramolecular Hbond substituents is 1. The van der Waals surface area contributed by atoms with Gasteiger partial charge in [0.05, 0.1) is 17.1 Å². The lowest BCUT2D eigenvalue weighted by Gasteiger charge is -2.18. The van der Waals surface area contributed by atoms with E-state index >= 15 is 0 Å². The molecule has 4 rings (SSSR count). The molecule has 1 aliphatic rings. The first-order valence-electron chi connectivity index (χ1n) is 9.40. The molecule has 1 fully saturated rings. The number of carbonyl (C=O) groups excluding carboxylic acids is 1. The fourth-order valence-electron chi connectivity index (χ4n) is 3.23. The quantitative estimate of drug-likeness (QED) is 0.604. The van der Waals surface area contributed by atoms with Gasteiger partial charge >= 0.3 is 0 Å².